The van der Waals surface area contributed by atoms with Gasteiger partial charge in [0.05, 0.1) is 10.5 Å². The van der Waals surface area contributed by atoms with Crippen LogP contribution < -0.4 is 10.5 Å². The second-order valence-corrected chi connectivity index (χ2v) is 6.93. The Morgan fingerprint density at radius 2 is 2.21 bits per heavy atom. The van der Waals surface area contributed by atoms with Crippen LogP contribution in [0, 0.1) is 5.82 Å². The maximum Gasteiger partial charge on any atom is 0.254 e. The highest BCUT2D eigenvalue weighted by Gasteiger charge is 2.21. The van der Waals surface area contributed by atoms with Crippen molar-refractivity contribution < 1.29 is 17.6 Å². The lowest BCUT2D eigenvalue weighted by Crippen LogP contribution is -2.35. The molecule has 8 heteroatoms. The van der Waals surface area contributed by atoms with E-state index in [4.69, 9.17) is 5.14 Å². The fraction of sp³-hybridized carbons (Fsp3) is 0.364. The highest BCUT2D eigenvalue weighted by molar-refractivity contribution is 7.99. The van der Waals surface area contributed by atoms with Gasteiger partial charge in [0.25, 0.3) is 5.91 Å². The van der Waals surface area contributed by atoms with Crippen LogP contribution in [-0.4, -0.2) is 31.9 Å². The molecule has 1 aromatic rings. The first-order valence-corrected chi connectivity index (χ1v) is 8.29. The number of rotatable bonds is 3. The Hall–Kier alpha value is -1.12. The van der Waals surface area contributed by atoms with Gasteiger partial charge in [0, 0.05) is 11.8 Å². The molecule has 5 nitrogen and oxygen atoms in total. The van der Waals surface area contributed by atoms with Crippen LogP contribution in [0.2, 0.25) is 0 Å². The van der Waals surface area contributed by atoms with Crippen LogP contribution in [0.4, 0.5) is 4.39 Å². The molecule has 0 saturated carbocycles. The minimum absolute atomic E-state index is 0.00459. The maximum atomic E-state index is 13.6. The van der Waals surface area contributed by atoms with Gasteiger partial charge in [-0.1, -0.05) is 0 Å². The van der Waals surface area contributed by atoms with Crippen molar-refractivity contribution in [3.63, 3.8) is 0 Å². The van der Waals surface area contributed by atoms with E-state index in [9.17, 15) is 17.6 Å². The molecule has 19 heavy (non-hydrogen) atoms. The van der Waals surface area contributed by atoms with Crippen molar-refractivity contribution in [2.24, 2.45) is 5.14 Å². The van der Waals surface area contributed by atoms with E-state index in [0.717, 1.165) is 36.1 Å². The Balaban J connectivity index is 2.25. The summed E-state index contributed by atoms with van der Waals surface area (Å²) in [6.45, 7) is 0. The zero-order valence-corrected chi connectivity index (χ0v) is 11.6. The molecule has 0 spiro atoms. The largest absolute Gasteiger partial charge is 0.348 e. The van der Waals surface area contributed by atoms with Gasteiger partial charge in [0.15, 0.2) is 0 Å². The zero-order chi connectivity index (χ0) is 14.0. The molecule has 1 amide bonds. The molecule has 1 atom stereocenters. The van der Waals surface area contributed by atoms with E-state index in [0.29, 0.717) is 0 Å². The normalized spacial score (nSPS) is 19.4. The van der Waals surface area contributed by atoms with Crippen molar-refractivity contribution in [3.8, 4) is 0 Å². The molecule has 1 aliphatic heterocycles. The number of primary sulfonamides is 1. The summed E-state index contributed by atoms with van der Waals surface area (Å²) in [6, 6.07) is 2.92. The zero-order valence-electron chi connectivity index (χ0n) is 9.93. The summed E-state index contributed by atoms with van der Waals surface area (Å²) in [5.41, 5.74) is -0.302. The third-order valence-electron chi connectivity index (χ3n) is 2.78. The average Bonchev–Trinajstić information content (AvgIpc) is 2.80. The van der Waals surface area contributed by atoms with Crippen LogP contribution in [0.1, 0.15) is 16.8 Å². The van der Waals surface area contributed by atoms with Crippen molar-refractivity contribution in [2.45, 2.75) is 17.4 Å². The van der Waals surface area contributed by atoms with E-state index in [-0.39, 0.29) is 16.5 Å². The number of hydrogen-bond acceptors (Lipinski definition) is 4. The molecule has 0 aliphatic carbocycles. The molecular formula is C11H13FN2O3S2. The van der Waals surface area contributed by atoms with E-state index in [1.807, 2.05) is 0 Å². The van der Waals surface area contributed by atoms with Gasteiger partial charge in [0.1, 0.15) is 5.82 Å². The molecule has 0 aromatic heterocycles. The van der Waals surface area contributed by atoms with E-state index >= 15 is 0 Å². The van der Waals surface area contributed by atoms with Gasteiger partial charge in [-0.15, -0.1) is 0 Å². The summed E-state index contributed by atoms with van der Waals surface area (Å²) in [7, 11) is -3.95. The van der Waals surface area contributed by atoms with E-state index in [1.165, 1.54) is 0 Å². The maximum absolute atomic E-state index is 13.6. The molecule has 1 unspecified atom stereocenters. The van der Waals surface area contributed by atoms with Crippen molar-refractivity contribution in [1.82, 2.24) is 5.32 Å². The quantitative estimate of drug-likeness (QED) is 0.860. The first kappa shape index (κ1) is 14.3. The minimum Gasteiger partial charge on any atom is -0.348 e. The van der Waals surface area contributed by atoms with Crippen LogP contribution in [0.15, 0.2) is 23.1 Å². The van der Waals surface area contributed by atoms with Crippen LogP contribution in [0.5, 0.6) is 0 Å². The molecule has 2 rings (SSSR count). The highest BCUT2D eigenvalue weighted by atomic mass is 32.2. The standard InChI is InChI=1S/C11H13FN2O3S2/c12-10-2-1-8(19(13,16)17)5-9(10)11(15)14-7-3-4-18-6-7/h1-2,5,7H,3-4,6H2,(H,14,15)(H2,13,16,17). The Kier molecular flexibility index (Phi) is 4.12. The van der Waals surface area contributed by atoms with Gasteiger partial charge in [-0.2, -0.15) is 11.8 Å². The molecule has 1 aliphatic rings. The number of benzene rings is 1. The van der Waals surface area contributed by atoms with Gasteiger partial charge < -0.3 is 5.32 Å². The van der Waals surface area contributed by atoms with Gasteiger partial charge >= 0.3 is 0 Å². The van der Waals surface area contributed by atoms with Gasteiger partial charge in [-0.25, -0.2) is 17.9 Å². The number of nitrogens with two attached hydrogens (primary N) is 1. The number of sulfonamides is 1. The molecular weight excluding hydrogens is 291 g/mol. The van der Waals surface area contributed by atoms with Crippen molar-refractivity contribution in [2.75, 3.05) is 11.5 Å². The second-order valence-electron chi connectivity index (χ2n) is 4.22. The molecule has 1 fully saturated rings. The number of carbonyl (C=O) groups is 1. The molecule has 1 saturated heterocycles. The summed E-state index contributed by atoms with van der Waals surface area (Å²) in [6.07, 6.45) is 0.826. The van der Waals surface area contributed by atoms with E-state index < -0.39 is 21.7 Å². The monoisotopic (exact) mass is 304 g/mol. The van der Waals surface area contributed by atoms with Gasteiger partial charge in [-0.3, -0.25) is 4.79 Å². The van der Waals surface area contributed by atoms with Gasteiger partial charge in [0.2, 0.25) is 10.0 Å². The topological polar surface area (TPSA) is 89.3 Å². The SMILES string of the molecule is NS(=O)(=O)c1ccc(F)c(C(=O)NC2CCSC2)c1. The molecule has 0 bridgehead atoms. The number of halogens is 1. The molecule has 3 N–H and O–H groups in total. The molecule has 1 heterocycles. The molecule has 1 aromatic carbocycles. The summed E-state index contributed by atoms with van der Waals surface area (Å²) < 4.78 is 35.9. The van der Waals surface area contributed by atoms with Crippen LogP contribution in [0.3, 0.4) is 0 Å². The fourth-order valence-electron chi connectivity index (χ4n) is 1.77. The lowest BCUT2D eigenvalue weighted by Gasteiger charge is -2.12. The Labute approximate surface area is 114 Å². The minimum atomic E-state index is -3.95. The average molecular weight is 304 g/mol. The summed E-state index contributed by atoms with van der Waals surface area (Å²) in [5.74, 6) is 0.346. The van der Waals surface area contributed by atoms with Crippen LogP contribution >= 0.6 is 11.8 Å². The second kappa shape index (κ2) is 5.48. The summed E-state index contributed by atoms with van der Waals surface area (Å²) in [5, 5.41) is 7.63. The van der Waals surface area contributed by atoms with E-state index in [2.05, 4.69) is 5.32 Å². The van der Waals surface area contributed by atoms with Crippen molar-refractivity contribution in [3.05, 3.63) is 29.6 Å². The van der Waals surface area contributed by atoms with E-state index in [1.54, 1.807) is 11.8 Å². The van der Waals surface area contributed by atoms with Crippen LogP contribution in [-0.2, 0) is 10.0 Å². The lowest BCUT2D eigenvalue weighted by atomic mass is 10.1. The number of thioether (sulfide) groups is 1. The Bertz CT molecular complexity index is 598. The van der Waals surface area contributed by atoms with Gasteiger partial charge in [-0.05, 0) is 30.4 Å². The number of nitrogens with one attached hydrogen (secondary N) is 1. The molecule has 0 radical (unpaired) electrons. The smallest absolute Gasteiger partial charge is 0.254 e. The lowest BCUT2D eigenvalue weighted by molar-refractivity contribution is 0.0937. The summed E-state index contributed by atoms with van der Waals surface area (Å²) >= 11 is 1.71. The fourth-order valence-corrected chi connectivity index (χ4v) is 3.46. The van der Waals surface area contributed by atoms with Crippen molar-refractivity contribution in [1.29, 1.82) is 0 Å². The van der Waals surface area contributed by atoms with Crippen molar-refractivity contribution >= 4 is 27.7 Å². The highest BCUT2D eigenvalue weighted by Crippen LogP contribution is 2.19. The third-order valence-corrected chi connectivity index (χ3v) is 4.85. The number of hydrogen-bond donors (Lipinski definition) is 2. The number of amides is 1. The predicted molar refractivity (Wildman–Crippen MR) is 71.0 cm³/mol. The Morgan fingerprint density at radius 3 is 2.79 bits per heavy atom. The number of carbonyl (C=O) groups excluding carboxylic acids is 1. The van der Waals surface area contributed by atoms with Crippen LogP contribution in [0.25, 0.3) is 0 Å². The first-order valence-electron chi connectivity index (χ1n) is 5.59. The first-order chi connectivity index (χ1) is 8.88. The predicted octanol–water partition coefficient (Wildman–Crippen LogP) is 0.708. The summed E-state index contributed by atoms with van der Waals surface area (Å²) in [4.78, 5) is 11.6. The third kappa shape index (κ3) is 3.46. The Morgan fingerprint density at radius 1 is 1.47 bits per heavy atom. The molecule has 104 valence electrons.